The Balaban J connectivity index is 2.10. The van der Waals surface area contributed by atoms with Crippen molar-refractivity contribution in [3.8, 4) is 0 Å². The molecule has 1 N–H and O–H groups in total. The molecule has 0 spiro atoms. The maximum Gasteiger partial charge on any atom is 0.0775 e. The van der Waals surface area contributed by atoms with Crippen LogP contribution >= 0.6 is 0 Å². The number of rotatable bonds is 3. The first-order valence-corrected chi connectivity index (χ1v) is 5.71. The van der Waals surface area contributed by atoms with E-state index in [4.69, 9.17) is 0 Å². The number of fused-ring (bicyclic) bond motifs is 1. The van der Waals surface area contributed by atoms with Crippen molar-refractivity contribution in [1.29, 1.82) is 0 Å². The number of allylic oxidation sites excluding steroid dienone is 4. The van der Waals surface area contributed by atoms with Gasteiger partial charge in [-0.15, -0.1) is 0 Å². The monoisotopic (exact) mass is 210 g/mol. The number of aromatic amines is 1. The van der Waals surface area contributed by atoms with E-state index in [1.54, 1.807) is 0 Å². The van der Waals surface area contributed by atoms with E-state index in [-0.39, 0.29) is 0 Å². The van der Waals surface area contributed by atoms with Crippen LogP contribution in [0.4, 0.5) is 0 Å². The Hall–Kier alpha value is -1.83. The zero-order chi connectivity index (χ0) is 11.0. The summed E-state index contributed by atoms with van der Waals surface area (Å²) in [7, 11) is 0. The third-order valence-corrected chi connectivity index (χ3v) is 3.22. The molecular weight excluding hydrogens is 196 g/mol. The van der Waals surface area contributed by atoms with Gasteiger partial charge in [0.1, 0.15) is 0 Å². The zero-order valence-electron chi connectivity index (χ0n) is 9.27. The van der Waals surface area contributed by atoms with Gasteiger partial charge in [0.25, 0.3) is 0 Å². The molecule has 1 atom stereocenters. The third kappa shape index (κ3) is 1.30. The summed E-state index contributed by atoms with van der Waals surface area (Å²) in [5.74, 6) is 0.432. The molecule has 1 aromatic heterocycles. The van der Waals surface area contributed by atoms with Gasteiger partial charge in [-0.25, -0.2) is 0 Å². The smallest absolute Gasteiger partial charge is 0.0775 e. The van der Waals surface area contributed by atoms with Crippen molar-refractivity contribution in [2.75, 3.05) is 0 Å². The molecule has 1 aromatic carbocycles. The molecule has 0 saturated heterocycles. The average molecular weight is 210 g/mol. The summed E-state index contributed by atoms with van der Waals surface area (Å²) in [4.78, 5) is 0. The first-order valence-electron chi connectivity index (χ1n) is 5.71. The Kier molecular flexibility index (Phi) is 2.13. The summed E-state index contributed by atoms with van der Waals surface area (Å²) in [6.07, 6.45) is 7.53. The summed E-state index contributed by atoms with van der Waals surface area (Å²) < 4.78 is 0. The Bertz CT molecular complexity index is 575. The second-order valence-corrected chi connectivity index (χ2v) is 4.14. The number of hydrogen-bond acceptors (Lipinski definition) is 1. The number of benzene rings is 1. The van der Waals surface area contributed by atoms with E-state index in [2.05, 4.69) is 53.5 Å². The fourth-order valence-corrected chi connectivity index (χ4v) is 2.28. The van der Waals surface area contributed by atoms with Gasteiger partial charge in [0.05, 0.1) is 11.2 Å². The number of aromatic nitrogens is 2. The summed E-state index contributed by atoms with van der Waals surface area (Å²) in [6.45, 7) is 2.21. The molecular formula is C14H14N2. The number of nitrogens with zero attached hydrogens (tertiary/aromatic N) is 1. The van der Waals surface area contributed by atoms with E-state index < -0.39 is 0 Å². The van der Waals surface area contributed by atoms with Crippen LogP contribution < -0.4 is 0 Å². The minimum atomic E-state index is 0.432. The summed E-state index contributed by atoms with van der Waals surface area (Å²) in [5.41, 5.74) is 3.69. The van der Waals surface area contributed by atoms with Crippen molar-refractivity contribution in [3.63, 3.8) is 0 Å². The van der Waals surface area contributed by atoms with Gasteiger partial charge in [-0.1, -0.05) is 43.4 Å². The van der Waals surface area contributed by atoms with E-state index in [1.807, 2.05) is 6.07 Å². The number of hydrogen-bond donors (Lipinski definition) is 1. The summed E-state index contributed by atoms with van der Waals surface area (Å²) in [5, 5.41) is 8.82. The van der Waals surface area contributed by atoms with Crippen molar-refractivity contribution >= 4 is 10.9 Å². The molecule has 2 aromatic rings. The quantitative estimate of drug-likeness (QED) is 0.824. The molecule has 2 heteroatoms. The van der Waals surface area contributed by atoms with Crippen LogP contribution in [0.1, 0.15) is 25.0 Å². The highest BCUT2D eigenvalue weighted by molar-refractivity contribution is 5.82. The second-order valence-electron chi connectivity index (χ2n) is 4.14. The molecule has 0 aliphatic heterocycles. The van der Waals surface area contributed by atoms with Gasteiger partial charge in [0.15, 0.2) is 0 Å². The van der Waals surface area contributed by atoms with Crippen LogP contribution in [0.15, 0.2) is 48.1 Å². The van der Waals surface area contributed by atoms with Gasteiger partial charge in [0.2, 0.25) is 0 Å². The van der Waals surface area contributed by atoms with Crippen molar-refractivity contribution in [3.05, 3.63) is 53.8 Å². The van der Waals surface area contributed by atoms with Gasteiger partial charge in [-0.2, -0.15) is 5.10 Å². The molecule has 1 heterocycles. The second kappa shape index (κ2) is 3.63. The lowest BCUT2D eigenvalue weighted by atomic mass is 9.87. The van der Waals surface area contributed by atoms with Gasteiger partial charge in [0, 0.05) is 11.3 Å². The molecule has 1 aliphatic rings. The van der Waals surface area contributed by atoms with Crippen LogP contribution in [0.5, 0.6) is 0 Å². The van der Waals surface area contributed by atoms with Gasteiger partial charge in [-0.05, 0) is 18.1 Å². The normalized spacial score (nSPS) is 15.9. The standard InChI is InChI=1S/C14H14N2/c1-2-11(10-6-5-7-10)14-12-8-3-4-9-13(12)15-16-14/h3-9,11H,2H2,1H3,(H,15,16)/t11-/m1/s1. The molecule has 0 radical (unpaired) electrons. The molecule has 0 unspecified atom stereocenters. The Labute approximate surface area is 94.7 Å². The summed E-state index contributed by atoms with van der Waals surface area (Å²) >= 11 is 0. The first kappa shape index (κ1) is 9.40. The zero-order valence-corrected chi connectivity index (χ0v) is 9.27. The van der Waals surface area contributed by atoms with Crippen LogP contribution in [0, 0.1) is 0 Å². The van der Waals surface area contributed by atoms with E-state index in [1.165, 1.54) is 16.7 Å². The fraction of sp³-hybridized carbons (Fsp3) is 0.214. The lowest BCUT2D eigenvalue weighted by Gasteiger charge is -2.17. The topological polar surface area (TPSA) is 28.7 Å². The van der Waals surface area contributed by atoms with Crippen molar-refractivity contribution in [2.24, 2.45) is 0 Å². The highest BCUT2D eigenvalue weighted by Gasteiger charge is 2.19. The van der Waals surface area contributed by atoms with Gasteiger partial charge in [-0.3, -0.25) is 5.10 Å². The van der Waals surface area contributed by atoms with E-state index in [9.17, 15) is 0 Å². The third-order valence-electron chi connectivity index (χ3n) is 3.22. The van der Waals surface area contributed by atoms with E-state index in [0.29, 0.717) is 5.92 Å². The summed E-state index contributed by atoms with van der Waals surface area (Å²) in [6, 6.07) is 8.32. The maximum atomic E-state index is 4.47. The van der Waals surface area contributed by atoms with Crippen LogP contribution in [-0.4, -0.2) is 10.2 Å². The molecule has 2 nitrogen and oxygen atoms in total. The molecule has 3 rings (SSSR count). The van der Waals surface area contributed by atoms with Crippen LogP contribution in [0.25, 0.3) is 10.9 Å². The number of nitrogens with one attached hydrogen (secondary N) is 1. The fourth-order valence-electron chi connectivity index (χ4n) is 2.28. The van der Waals surface area contributed by atoms with Crippen LogP contribution in [0.3, 0.4) is 0 Å². The molecule has 16 heavy (non-hydrogen) atoms. The average Bonchev–Trinajstić information content (AvgIpc) is 2.67. The van der Waals surface area contributed by atoms with Crippen molar-refractivity contribution < 1.29 is 0 Å². The molecule has 0 fully saturated rings. The first-order chi connectivity index (χ1) is 7.90. The molecule has 0 saturated carbocycles. The lowest BCUT2D eigenvalue weighted by molar-refractivity contribution is 0.743. The molecule has 0 amide bonds. The minimum absolute atomic E-state index is 0.432. The largest absolute Gasteiger partial charge is 0.278 e. The van der Waals surface area contributed by atoms with Gasteiger partial charge < -0.3 is 0 Å². The maximum absolute atomic E-state index is 4.47. The predicted molar refractivity (Wildman–Crippen MR) is 66.3 cm³/mol. The molecule has 80 valence electrons. The minimum Gasteiger partial charge on any atom is -0.278 e. The number of H-pyrrole nitrogens is 1. The highest BCUT2D eigenvalue weighted by atomic mass is 15.1. The molecule has 1 aliphatic carbocycles. The molecule has 0 bridgehead atoms. The Morgan fingerprint density at radius 1 is 1.31 bits per heavy atom. The highest BCUT2D eigenvalue weighted by Crippen LogP contribution is 2.34. The number of para-hydroxylation sites is 1. The Morgan fingerprint density at radius 2 is 2.12 bits per heavy atom. The Morgan fingerprint density at radius 3 is 2.81 bits per heavy atom. The van der Waals surface area contributed by atoms with Crippen molar-refractivity contribution in [1.82, 2.24) is 10.2 Å². The SMILES string of the molecule is CC[C@H](C1=CC=C1)c1n[nH]c2ccccc12. The van der Waals surface area contributed by atoms with Crippen LogP contribution in [0.2, 0.25) is 0 Å². The van der Waals surface area contributed by atoms with E-state index in [0.717, 1.165) is 11.9 Å². The lowest BCUT2D eigenvalue weighted by Crippen LogP contribution is -2.03. The van der Waals surface area contributed by atoms with Gasteiger partial charge >= 0.3 is 0 Å². The van der Waals surface area contributed by atoms with Crippen molar-refractivity contribution in [2.45, 2.75) is 19.3 Å². The van der Waals surface area contributed by atoms with Crippen LogP contribution in [-0.2, 0) is 0 Å². The predicted octanol–water partition coefficient (Wildman–Crippen LogP) is 3.55. The van der Waals surface area contributed by atoms with E-state index >= 15 is 0 Å².